The van der Waals surface area contributed by atoms with E-state index >= 15 is 0 Å². The fourth-order valence-electron chi connectivity index (χ4n) is 1.54. The third kappa shape index (κ3) is 9.32. The van der Waals surface area contributed by atoms with E-state index in [1.807, 2.05) is 6.92 Å². The lowest BCUT2D eigenvalue weighted by atomic mass is 10.1. The van der Waals surface area contributed by atoms with E-state index in [0.717, 1.165) is 6.42 Å². The first-order chi connectivity index (χ1) is 9.21. The molecule has 0 aromatic carbocycles. The van der Waals surface area contributed by atoms with Crippen molar-refractivity contribution < 1.29 is 29.9 Å². The summed E-state index contributed by atoms with van der Waals surface area (Å²) in [4.78, 5) is 0. The average Bonchev–Trinajstić information content (AvgIpc) is 2.49. The highest BCUT2D eigenvalue weighted by molar-refractivity contribution is 4.60. The van der Waals surface area contributed by atoms with Crippen molar-refractivity contribution in [2.24, 2.45) is 11.8 Å². The smallest absolute Gasteiger partial charge is 0.157 e. The van der Waals surface area contributed by atoms with E-state index in [1.165, 1.54) is 0 Å². The molecule has 19 heavy (non-hydrogen) atoms. The molecule has 0 aromatic rings. The van der Waals surface area contributed by atoms with Crippen molar-refractivity contribution in [1.29, 1.82) is 0 Å². The van der Waals surface area contributed by atoms with Crippen LogP contribution in [0.15, 0.2) is 0 Å². The number of rotatable bonds is 7. The van der Waals surface area contributed by atoms with Crippen molar-refractivity contribution in [1.82, 2.24) is 0 Å². The molecule has 1 rings (SSSR count). The minimum absolute atomic E-state index is 0.0104. The fraction of sp³-hybridized carbons (Fsp3) is 1.00. The van der Waals surface area contributed by atoms with Crippen molar-refractivity contribution in [2.75, 3.05) is 39.6 Å². The molecule has 0 saturated carbocycles. The van der Waals surface area contributed by atoms with Gasteiger partial charge in [0, 0.05) is 31.7 Å². The van der Waals surface area contributed by atoms with Crippen LogP contribution in [0.5, 0.6) is 0 Å². The van der Waals surface area contributed by atoms with Crippen LogP contribution in [0.2, 0.25) is 0 Å². The number of aliphatic hydroxyl groups is 4. The van der Waals surface area contributed by atoms with E-state index in [0.29, 0.717) is 26.1 Å². The van der Waals surface area contributed by atoms with Gasteiger partial charge in [-0.2, -0.15) is 0 Å². The molecule has 1 fully saturated rings. The predicted molar refractivity (Wildman–Crippen MR) is 70.5 cm³/mol. The molecule has 6 heteroatoms. The summed E-state index contributed by atoms with van der Waals surface area (Å²) in [7, 11) is 0. The Balaban J connectivity index is 0.000000344. The lowest BCUT2D eigenvalue weighted by molar-refractivity contribution is -0.205. The molecule has 1 aliphatic rings. The van der Waals surface area contributed by atoms with Gasteiger partial charge in [0.1, 0.15) is 0 Å². The first-order valence-corrected chi connectivity index (χ1v) is 6.88. The van der Waals surface area contributed by atoms with Crippen molar-refractivity contribution >= 4 is 0 Å². The topological polar surface area (TPSA) is 99.4 Å². The van der Waals surface area contributed by atoms with Crippen LogP contribution in [0.1, 0.15) is 26.2 Å². The highest BCUT2D eigenvalue weighted by Gasteiger charge is 2.19. The lowest BCUT2D eigenvalue weighted by Gasteiger charge is -2.27. The molecule has 0 bridgehead atoms. The summed E-state index contributed by atoms with van der Waals surface area (Å²) in [5.74, 6) is 0.139. The summed E-state index contributed by atoms with van der Waals surface area (Å²) in [5.41, 5.74) is 0. The zero-order valence-corrected chi connectivity index (χ0v) is 11.7. The number of hydrogen-bond acceptors (Lipinski definition) is 6. The zero-order valence-electron chi connectivity index (χ0n) is 11.7. The Bertz CT molecular complexity index is 166. The largest absolute Gasteiger partial charge is 0.396 e. The minimum atomic E-state index is -0.0443. The Morgan fingerprint density at radius 1 is 1.05 bits per heavy atom. The molecule has 0 atom stereocenters. The van der Waals surface area contributed by atoms with Crippen molar-refractivity contribution in [2.45, 2.75) is 32.5 Å². The third-order valence-electron chi connectivity index (χ3n) is 2.91. The second kappa shape index (κ2) is 12.8. The first kappa shape index (κ1) is 18.8. The molecule has 0 unspecified atom stereocenters. The average molecular weight is 280 g/mol. The molecular formula is C13H28O6. The highest BCUT2D eigenvalue weighted by atomic mass is 16.7. The third-order valence-corrected chi connectivity index (χ3v) is 2.91. The minimum Gasteiger partial charge on any atom is -0.396 e. The van der Waals surface area contributed by atoms with Crippen LogP contribution in [-0.4, -0.2) is 66.4 Å². The maximum Gasteiger partial charge on any atom is 0.157 e. The second-order valence-electron chi connectivity index (χ2n) is 4.65. The Morgan fingerprint density at radius 2 is 1.63 bits per heavy atom. The summed E-state index contributed by atoms with van der Waals surface area (Å²) in [5, 5.41) is 34.1. The molecule has 1 saturated heterocycles. The first-order valence-electron chi connectivity index (χ1n) is 6.88. The molecule has 0 amide bonds. The maximum atomic E-state index is 8.69. The highest BCUT2D eigenvalue weighted by Crippen LogP contribution is 2.12. The van der Waals surface area contributed by atoms with Gasteiger partial charge in [-0.1, -0.05) is 6.92 Å². The van der Waals surface area contributed by atoms with Crippen molar-refractivity contribution in [3.8, 4) is 0 Å². The monoisotopic (exact) mass is 280 g/mol. The van der Waals surface area contributed by atoms with E-state index in [2.05, 4.69) is 0 Å². The summed E-state index contributed by atoms with van der Waals surface area (Å²) in [6.45, 7) is 3.61. The van der Waals surface area contributed by atoms with E-state index in [9.17, 15) is 0 Å². The summed E-state index contributed by atoms with van der Waals surface area (Å²) < 4.78 is 10.5. The van der Waals surface area contributed by atoms with E-state index in [1.54, 1.807) is 0 Å². The number of hydrogen-bond donors (Lipinski definition) is 4. The Morgan fingerprint density at radius 3 is 2.00 bits per heavy atom. The van der Waals surface area contributed by atoms with Gasteiger partial charge in [0.25, 0.3) is 0 Å². The van der Waals surface area contributed by atoms with Crippen molar-refractivity contribution in [3.05, 3.63) is 0 Å². The van der Waals surface area contributed by atoms with Gasteiger partial charge in [-0.05, 0) is 19.3 Å². The second-order valence-corrected chi connectivity index (χ2v) is 4.65. The molecule has 6 nitrogen and oxygen atoms in total. The molecule has 116 valence electrons. The summed E-state index contributed by atoms with van der Waals surface area (Å²) in [6.07, 6.45) is 2.20. The summed E-state index contributed by atoms with van der Waals surface area (Å²) >= 11 is 0. The van der Waals surface area contributed by atoms with Gasteiger partial charge in [-0.3, -0.25) is 0 Å². The molecule has 1 heterocycles. The predicted octanol–water partition coefficient (Wildman–Crippen LogP) is -0.262. The van der Waals surface area contributed by atoms with Gasteiger partial charge in [0.15, 0.2) is 6.29 Å². The molecule has 4 N–H and O–H groups in total. The van der Waals surface area contributed by atoms with Gasteiger partial charge in [0.2, 0.25) is 0 Å². The van der Waals surface area contributed by atoms with Gasteiger partial charge in [-0.15, -0.1) is 0 Å². The van der Waals surface area contributed by atoms with E-state index in [-0.39, 0.29) is 44.6 Å². The van der Waals surface area contributed by atoms with Gasteiger partial charge < -0.3 is 29.9 Å². The Kier molecular flexibility index (Phi) is 12.6. The van der Waals surface area contributed by atoms with Crippen LogP contribution < -0.4 is 0 Å². The molecule has 1 aliphatic heterocycles. The fourth-order valence-corrected chi connectivity index (χ4v) is 1.54. The van der Waals surface area contributed by atoms with Gasteiger partial charge in [0.05, 0.1) is 19.8 Å². The normalized spacial score (nSPS) is 23.1. The SMILES string of the molecule is CCC1OCC(CO)CO1.OCCCC(CO)CO. The van der Waals surface area contributed by atoms with E-state index < -0.39 is 0 Å². The van der Waals surface area contributed by atoms with Crippen LogP contribution in [0.25, 0.3) is 0 Å². The molecule has 0 aromatic heterocycles. The van der Waals surface area contributed by atoms with Crippen molar-refractivity contribution in [3.63, 3.8) is 0 Å². The van der Waals surface area contributed by atoms with Crippen LogP contribution in [-0.2, 0) is 9.47 Å². The van der Waals surface area contributed by atoms with Crippen LogP contribution in [0.3, 0.4) is 0 Å². The molecule has 0 aliphatic carbocycles. The number of ether oxygens (including phenoxy) is 2. The summed E-state index contributed by atoms with van der Waals surface area (Å²) in [6, 6.07) is 0. The number of aliphatic hydroxyl groups excluding tert-OH is 4. The molecular weight excluding hydrogens is 252 g/mol. The molecule has 0 spiro atoms. The Hall–Kier alpha value is -0.240. The maximum absolute atomic E-state index is 8.69. The zero-order chi connectivity index (χ0) is 14.5. The Labute approximate surface area is 115 Å². The van der Waals surface area contributed by atoms with Crippen LogP contribution in [0, 0.1) is 11.8 Å². The van der Waals surface area contributed by atoms with Gasteiger partial charge in [-0.25, -0.2) is 0 Å². The lowest BCUT2D eigenvalue weighted by Crippen LogP contribution is -2.33. The molecule has 0 radical (unpaired) electrons. The standard InChI is InChI=1S/C7H14O3.C6H14O3/c1-2-7-9-4-6(3-8)5-10-7;7-3-1-2-6(4-8)5-9/h6-8H,2-5H2,1H3;6-9H,1-5H2. The van der Waals surface area contributed by atoms with Gasteiger partial charge >= 0.3 is 0 Å². The van der Waals surface area contributed by atoms with E-state index in [4.69, 9.17) is 29.9 Å². The van der Waals surface area contributed by atoms with Crippen LogP contribution in [0.4, 0.5) is 0 Å². The quantitative estimate of drug-likeness (QED) is 0.513. The van der Waals surface area contributed by atoms with Crippen LogP contribution >= 0.6 is 0 Å².